The maximum Gasteiger partial charge on any atom is 0.196 e. The Morgan fingerprint density at radius 1 is 1.29 bits per heavy atom. The van der Waals surface area contributed by atoms with Gasteiger partial charge >= 0.3 is 0 Å². The molecule has 0 aliphatic heterocycles. The maximum absolute atomic E-state index is 6.37. The van der Waals surface area contributed by atoms with Gasteiger partial charge in [0.25, 0.3) is 0 Å². The van der Waals surface area contributed by atoms with Crippen LogP contribution in [0.4, 0.5) is 5.82 Å². The van der Waals surface area contributed by atoms with Gasteiger partial charge in [0, 0.05) is 22.1 Å². The van der Waals surface area contributed by atoms with E-state index in [0.29, 0.717) is 5.82 Å². The standard InChI is InChI=1S/C16H19N3OS/c1-16(2,3)12-9-21-15-18-13(14(17)19(12)15)10-6-5-7-11(8-10)20-4/h5-9H,17H2,1-4H3. The third kappa shape index (κ3) is 2.27. The van der Waals surface area contributed by atoms with Gasteiger partial charge in [-0.2, -0.15) is 0 Å². The van der Waals surface area contributed by atoms with E-state index < -0.39 is 0 Å². The third-order valence-electron chi connectivity index (χ3n) is 3.51. The Morgan fingerprint density at radius 3 is 2.71 bits per heavy atom. The summed E-state index contributed by atoms with van der Waals surface area (Å²) in [6, 6.07) is 7.83. The van der Waals surface area contributed by atoms with Gasteiger partial charge in [-0.15, -0.1) is 11.3 Å². The van der Waals surface area contributed by atoms with Gasteiger partial charge in [-0.25, -0.2) is 4.98 Å². The first-order valence-electron chi connectivity index (χ1n) is 6.82. The van der Waals surface area contributed by atoms with E-state index in [0.717, 1.165) is 22.0 Å². The number of hydrogen-bond donors (Lipinski definition) is 1. The van der Waals surface area contributed by atoms with Crippen LogP contribution in [0.1, 0.15) is 26.5 Å². The van der Waals surface area contributed by atoms with E-state index in [1.807, 2.05) is 24.3 Å². The molecule has 21 heavy (non-hydrogen) atoms. The summed E-state index contributed by atoms with van der Waals surface area (Å²) in [6.45, 7) is 6.54. The number of nitrogens with two attached hydrogens (primary N) is 1. The summed E-state index contributed by atoms with van der Waals surface area (Å²) in [6.07, 6.45) is 0. The molecule has 1 aromatic carbocycles. The number of imidazole rings is 1. The van der Waals surface area contributed by atoms with Crippen molar-refractivity contribution in [1.82, 2.24) is 9.38 Å². The summed E-state index contributed by atoms with van der Waals surface area (Å²) in [5, 5.41) is 2.13. The van der Waals surface area contributed by atoms with E-state index in [1.165, 1.54) is 5.69 Å². The van der Waals surface area contributed by atoms with Crippen molar-refractivity contribution in [3.05, 3.63) is 35.3 Å². The highest BCUT2D eigenvalue weighted by molar-refractivity contribution is 7.15. The van der Waals surface area contributed by atoms with Crippen molar-refractivity contribution in [3.8, 4) is 17.0 Å². The molecule has 0 saturated carbocycles. The zero-order chi connectivity index (χ0) is 15.2. The lowest BCUT2D eigenvalue weighted by atomic mass is 9.93. The first-order chi connectivity index (χ1) is 9.91. The first-order valence-corrected chi connectivity index (χ1v) is 7.70. The van der Waals surface area contributed by atoms with Crippen LogP contribution < -0.4 is 10.5 Å². The fraction of sp³-hybridized carbons (Fsp3) is 0.312. The predicted octanol–water partition coefficient (Wildman–Crippen LogP) is 3.95. The van der Waals surface area contributed by atoms with Crippen molar-refractivity contribution in [2.45, 2.75) is 26.2 Å². The summed E-state index contributed by atoms with van der Waals surface area (Å²) in [7, 11) is 1.66. The fourth-order valence-corrected chi connectivity index (χ4v) is 3.50. The molecule has 2 heterocycles. The molecule has 3 aromatic rings. The molecular weight excluding hydrogens is 282 g/mol. The highest BCUT2D eigenvalue weighted by atomic mass is 32.1. The van der Waals surface area contributed by atoms with Crippen molar-refractivity contribution in [2.24, 2.45) is 0 Å². The Kier molecular flexibility index (Phi) is 3.17. The normalized spacial score (nSPS) is 12.0. The Labute approximate surface area is 128 Å². The van der Waals surface area contributed by atoms with Crippen LogP contribution >= 0.6 is 11.3 Å². The first kappa shape index (κ1) is 13.9. The van der Waals surface area contributed by atoms with Crippen LogP contribution in [-0.4, -0.2) is 16.5 Å². The van der Waals surface area contributed by atoms with E-state index in [9.17, 15) is 0 Å². The predicted molar refractivity (Wildman–Crippen MR) is 88.2 cm³/mol. The van der Waals surface area contributed by atoms with Crippen LogP contribution in [0.2, 0.25) is 0 Å². The number of fused-ring (bicyclic) bond motifs is 1. The maximum atomic E-state index is 6.37. The molecule has 5 heteroatoms. The van der Waals surface area contributed by atoms with Crippen LogP contribution in [0.3, 0.4) is 0 Å². The van der Waals surface area contributed by atoms with Gasteiger partial charge < -0.3 is 10.5 Å². The number of benzene rings is 1. The van der Waals surface area contributed by atoms with Gasteiger partial charge in [0.2, 0.25) is 0 Å². The second kappa shape index (κ2) is 4.77. The van der Waals surface area contributed by atoms with Gasteiger partial charge in [-0.3, -0.25) is 4.40 Å². The Morgan fingerprint density at radius 2 is 2.05 bits per heavy atom. The van der Waals surface area contributed by atoms with Crippen LogP contribution in [0.15, 0.2) is 29.6 Å². The van der Waals surface area contributed by atoms with E-state index in [2.05, 4.69) is 30.6 Å². The largest absolute Gasteiger partial charge is 0.497 e. The molecule has 110 valence electrons. The quantitative estimate of drug-likeness (QED) is 0.779. The molecule has 0 atom stereocenters. The van der Waals surface area contributed by atoms with Crippen molar-refractivity contribution in [1.29, 1.82) is 0 Å². The Balaban J connectivity index is 2.21. The van der Waals surface area contributed by atoms with Crippen molar-refractivity contribution < 1.29 is 4.74 Å². The summed E-state index contributed by atoms with van der Waals surface area (Å²) in [4.78, 5) is 5.62. The van der Waals surface area contributed by atoms with Gasteiger partial charge in [-0.1, -0.05) is 32.9 Å². The number of thiazole rings is 1. The second-order valence-electron chi connectivity index (χ2n) is 6.07. The molecule has 0 fully saturated rings. The number of anilines is 1. The minimum atomic E-state index is 0.0265. The number of nitrogens with zero attached hydrogens (tertiary/aromatic N) is 2. The molecule has 0 aliphatic rings. The minimum Gasteiger partial charge on any atom is -0.497 e. The van der Waals surface area contributed by atoms with Crippen LogP contribution in [0.5, 0.6) is 5.75 Å². The summed E-state index contributed by atoms with van der Waals surface area (Å²) >= 11 is 1.62. The van der Waals surface area contributed by atoms with Gasteiger partial charge in [0.05, 0.1) is 7.11 Å². The average molecular weight is 301 g/mol. The van der Waals surface area contributed by atoms with Gasteiger partial charge in [0.1, 0.15) is 17.3 Å². The number of ether oxygens (including phenoxy) is 1. The van der Waals surface area contributed by atoms with E-state index in [4.69, 9.17) is 15.5 Å². The van der Waals surface area contributed by atoms with Crippen LogP contribution in [0, 0.1) is 0 Å². The monoisotopic (exact) mass is 301 g/mol. The van der Waals surface area contributed by atoms with E-state index in [-0.39, 0.29) is 5.41 Å². The average Bonchev–Trinajstić information content (AvgIpc) is 2.99. The molecule has 4 nitrogen and oxygen atoms in total. The molecule has 0 radical (unpaired) electrons. The molecule has 2 aromatic heterocycles. The lowest BCUT2D eigenvalue weighted by Gasteiger charge is -2.17. The molecule has 2 N–H and O–H groups in total. The lowest BCUT2D eigenvalue weighted by Crippen LogP contribution is -2.14. The molecule has 3 rings (SSSR count). The molecule has 0 unspecified atom stereocenters. The molecule has 0 aliphatic carbocycles. The summed E-state index contributed by atoms with van der Waals surface area (Å²) in [5.41, 5.74) is 9.37. The zero-order valence-corrected chi connectivity index (χ0v) is 13.5. The van der Waals surface area contributed by atoms with Crippen LogP contribution in [-0.2, 0) is 5.41 Å². The molecular formula is C16H19N3OS. The smallest absolute Gasteiger partial charge is 0.196 e. The summed E-state index contributed by atoms with van der Waals surface area (Å²) in [5.74, 6) is 1.49. The lowest BCUT2D eigenvalue weighted by molar-refractivity contribution is 0.415. The fourth-order valence-electron chi connectivity index (χ4n) is 2.38. The van der Waals surface area contributed by atoms with Gasteiger partial charge in [-0.05, 0) is 12.1 Å². The Hall–Kier alpha value is -2.01. The van der Waals surface area contributed by atoms with Crippen LogP contribution in [0.25, 0.3) is 16.2 Å². The highest BCUT2D eigenvalue weighted by Crippen LogP contribution is 2.35. The SMILES string of the molecule is COc1cccc(-c2nc3scc(C(C)(C)C)n3c2N)c1. The molecule has 0 spiro atoms. The van der Waals surface area contributed by atoms with E-state index >= 15 is 0 Å². The van der Waals surface area contributed by atoms with E-state index in [1.54, 1.807) is 18.4 Å². The number of methoxy groups -OCH3 is 1. The Bertz CT molecular complexity index is 796. The number of hydrogen-bond acceptors (Lipinski definition) is 4. The molecule has 0 saturated heterocycles. The van der Waals surface area contributed by atoms with Gasteiger partial charge in [0.15, 0.2) is 4.96 Å². The number of nitrogen functional groups attached to an aromatic ring is 1. The van der Waals surface area contributed by atoms with Crippen molar-refractivity contribution in [3.63, 3.8) is 0 Å². The highest BCUT2D eigenvalue weighted by Gasteiger charge is 2.23. The third-order valence-corrected chi connectivity index (χ3v) is 4.34. The number of rotatable bonds is 2. The minimum absolute atomic E-state index is 0.0265. The second-order valence-corrected chi connectivity index (χ2v) is 6.90. The topological polar surface area (TPSA) is 52.5 Å². The van der Waals surface area contributed by atoms with Crippen molar-refractivity contribution in [2.75, 3.05) is 12.8 Å². The molecule has 0 bridgehead atoms. The zero-order valence-electron chi connectivity index (χ0n) is 12.7. The molecule has 0 amide bonds. The van der Waals surface area contributed by atoms with Crippen molar-refractivity contribution >= 4 is 22.1 Å². The summed E-state index contributed by atoms with van der Waals surface area (Å²) < 4.78 is 7.33. The number of aromatic nitrogens is 2.